The first-order valence-electron chi connectivity index (χ1n) is 11.0. The Morgan fingerprint density at radius 1 is 0.816 bits per heavy atom. The van der Waals surface area contributed by atoms with Gasteiger partial charge >= 0.3 is 12.7 Å². The van der Waals surface area contributed by atoms with Crippen LogP contribution < -0.4 is 19.7 Å². The van der Waals surface area contributed by atoms with E-state index >= 15 is 0 Å². The molecule has 0 saturated carbocycles. The molecule has 0 atom stereocenters. The molecule has 16 heteroatoms. The maximum Gasteiger partial charge on any atom is 0.573 e. The van der Waals surface area contributed by atoms with Crippen LogP contribution in [0.25, 0.3) is 0 Å². The van der Waals surface area contributed by atoms with Crippen LogP contribution in [0.15, 0.2) is 58.8 Å². The summed E-state index contributed by atoms with van der Waals surface area (Å²) in [6.07, 6.45) is -9.60. The van der Waals surface area contributed by atoms with Gasteiger partial charge < -0.3 is 24.4 Å². The molecule has 0 aliphatic carbocycles. The lowest BCUT2D eigenvalue weighted by molar-refractivity contribution is -0.275. The molecule has 1 aliphatic heterocycles. The van der Waals surface area contributed by atoms with Crippen molar-refractivity contribution in [3.63, 3.8) is 0 Å². The summed E-state index contributed by atoms with van der Waals surface area (Å²) < 4.78 is 87.2. The van der Waals surface area contributed by atoms with Gasteiger partial charge in [0.25, 0.3) is 5.95 Å². The number of halogens is 6. The number of ether oxygens (including phenoxy) is 3. The molecule has 2 aromatic carbocycles. The Bertz CT molecular complexity index is 1230. The smallest absolute Gasteiger partial charge is 0.406 e. The average Bonchev–Trinajstić information content (AvgIpc) is 2.85. The molecule has 2 heterocycles. The van der Waals surface area contributed by atoms with Crippen molar-refractivity contribution in [2.24, 2.45) is 10.2 Å². The van der Waals surface area contributed by atoms with Crippen molar-refractivity contribution in [1.82, 2.24) is 15.0 Å². The number of rotatable bonds is 8. The standard InChI is InChI=1S/C22H19F6N7O3/c23-21(24,25)37-16-5-1-14(2-6-16)13-29-34-19-31-18(32-20(33-19)35-9-11-36-12-10-35)30-15-3-7-17(8-4-15)38-22(26,27)28/h1-8H,9-13H2,(H,30,31,32,33). The molecule has 3 aromatic rings. The minimum atomic E-state index is -4.81. The van der Waals surface area contributed by atoms with E-state index in [4.69, 9.17) is 4.74 Å². The van der Waals surface area contributed by atoms with Gasteiger partial charge in [-0.25, -0.2) is 0 Å². The molecule has 0 radical (unpaired) electrons. The van der Waals surface area contributed by atoms with Crippen molar-refractivity contribution >= 4 is 23.5 Å². The van der Waals surface area contributed by atoms with Crippen LogP contribution in [0.4, 0.5) is 49.9 Å². The Morgan fingerprint density at radius 2 is 1.39 bits per heavy atom. The van der Waals surface area contributed by atoms with Crippen LogP contribution in [-0.4, -0.2) is 54.0 Å². The molecular formula is C22H19F6N7O3. The molecule has 0 bridgehead atoms. The molecule has 1 aromatic heterocycles. The first kappa shape index (κ1) is 26.8. The zero-order valence-corrected chi connectivity index (χ0v) is 19.3. The Labute approximate surface area is 211 Å². The summed E-state index contributed by atoms with van der Waals surface area (Å²) in [7, 11) is 0. The second kappa shape index (κ2) is 11.5. The van der Waals surface area contributed by atoms with Crippen LogP contribution in [0.5, 0.6) is 11.5 Å². The maximum absolute atomic E-state index is 12.4. The second-order valence-corrected chi connectivity index (χ2v) is 7.65. The van der Waals surface area contributed by atoms with Gasteiger partial charge in [0.05, 0.1) is 19.8 Å². The van der Waals surface area contributed by atoms with Gasteiger partial charge in [-0.05, 0) is 42.0 Å². The zero-order chi connectivity index (χ0) is 27.2. The molecule has 1 saturated heterocycles. The third-order valence-electron chi connectivity index (χ3n) is 4.82. The number of hydrogen-bond acceptors (Lipinski definition) is 10. The number of benzene rings is 2. The zero-order valence-electron chi connectivity index (χ0n) is 19.3. The van der Waals surface area contributed by atoms with Crippen LogP contribution in [0.1, 0.15) is 5.56 Å². The number of aromatic nitrogens is 3. The first-order chi connectivity index (χ1) is 18.0. The number of nitrogens with one attached hydrogen (secondary N) is 1. The Balaban J connectivity index is 1.49. The molecule has 0 unspecified atom stereocenters. The summed E-state index contributed by atoms with van der Waals surface area (Å²) in [6, 6.07) is 10.1. The molecule has 10 nitrogen and oxygen atoms in total. The molecule has 0 spiro atoms. The molecule has 38 heavy (non-hydrogen) atoms. The van der Waals surface area contributed by atoms with E-state index in [1.165, 1.54) is 24.3 Å². The Kier molecular flexibility index (Phi) is 8.09. The van der Waals surface area contributed by atoms with E-state index in [0.717, 1.165) is 24.3 Å². The minimum absolute atomic E-state index is 0.0221. The topological polar surface area (TPSA) is 106 Å². The molecular weight excluding hydrogens is 524 g/mol. The third kappa shape index (κ3) is 8.43. The average molecular weight is 543 g/mol. The van der Waals surface area contributed by atoms with Crippen molar-refractivity contribution in [3.05, 3.63) is 54.1 Å². The van der Waals surface area contributed by atoms with Crippen molar-refractivity contribution in [2.45, 2.75) is 19.3 Å². The highest BCUT2D eigenvalue weighted by Gasteiger charge is 2.31. The third-order valence-corrected chi connectivity index (χ3v) is 4.82. The molecule has 4 rings (SSSR count). The SMILES string of the molecule is FC(F)(F)Oc1ccc(CN=Nc2nc(Nc3ccc(OC(F)(F)F)cc3)nc(N3CCOCC3)n2)cc1. The Hall–Kier alpha value is -4.21. The summed E-state index contributed by atoms with van der Waals surface area (Å²) in [6.45, 7) is 1.96. The summed E-state index contributed by atoms with van der Waals surface area (Å²) in [5.41, 5.74) is 0.938. The fourth-order valence-corrected chi connectivity index (χ4v) is 3.21. The van der Waals surface area contributed by atoms with Crippen molar-refractivity contribution in [1.29, 1.82) is 0 Å². The van der Waals surface area contributed by atoms with Crippen LogP contribution >= 0.6 is 0 Å². The molecule has 202 valence electrons. The lowest BCUT2D eigenvalue weighted by Gasteiger charge is -2.26. The van der Waals surface area contributed by atoms with E-state index < -0.39 is 12.7 Å². The normalized spacial score (nSPS) is 14.5. The molecule has 1 aliphatic rings. The number of nitrogens with zero attached hydrogens (tertiary/aromatic N) is 6. The Morgan fingerprint density at radius 3 is 1.97 bits per heavy atom. The van der Waals surface area contributed by atoms with Gasteiger partial charge in [-0.3, -0.25) is 0 Å². The number of azo groups is 1. The predicted molar refractivity (Wildman–Crippen MR) is 121 cm³/mol. The van der Waals surface area contributed by atoms with Gasteiger partial charge in [-0.2, -0.15) is 20.1 Å². The molecule has 1 N–H and O–H groups in total. The molecule has 1 fully saturated rings. The van der Waals surface area contributed by atoms with Crippen LogP contribution in [-0.2, 0) is 11.3 Å². The summed E-state index contributed by atoms with van der Waals surface area (Å²) >= 11 is 0. The first-order valence-corrected chi connectivity index (χ1v) is 11.0. The summed E-state index contributed by atoms with van der Waals surface area (Å²) in [5.74, 6) is -0.461. The lowest BCUT2D eigenvalue weighted by Crippen LogP contribution is -2.37. The lowest BCUT2D eigenvalue weighted by atomic mass is 10.2. The predicted octanol–water partition coefficient (Wildman–Crippen LogP) is 5.53. The van der Waals surface area contributed by atoms with Gasteiger partial charge in [0, 0.05) is 18.8 Å². The van der Waals surface area contributed by atoms with Gasteiger partial charge in [0.1, 0.15) is 11.5 Å². The van der Waals surface area contributed by atoms with E-state index in [2.05, 4.69) is 40.0 Å². The van der Waals surface area contributed by atoms with Crippen LogP contribution in [0, 0.1) is 0 Å². The highest BCUT2D eigenvalue weighted by Crippen LogP contribution is 2.26. The van der Waals surface area contributed by atoms with E-state index in [1.807, 2.05) is 4.90 Å². The van der Waals surface area contributed by atoms with Gasteiger partial charge in [-0.1, -0.05) is 12.1 Å². The highest BCUT2D eigenvalue weighted by atomic mass is 19.4. The van der Waals surface area contributed by atoms with E-state index in [0.29, 0.717) is 37.6 Å². The number of hydrogen-bond donors (Lipinski definition) is 1. The monoisotopic (exact) mass is 543 g/mol. The van der Waals surface area contributed by atoms with Crippen molar-refractivity contribution < 1.29 is 40.6 Å². The largest absolute Gasteiger partial charge is 0.573 e. The van der Waals surface area contributed by atoms with E-state index in [9.17, 15) is 26.3 Å². The number of anilines is 3. The van der Waals surface area contributed by atoms with E-state index in [-0.39, 0.29) is 35.9 Å². The van der Waals surface area contributed by atoms with Crippen molar-refractivity contribution in [2.75, 3.05) is 36.5 Å². The number of alkyl halides is 6. The number of morpholine rings is 1. The maximum atomic E-state index is 12.4. The quantitative estimate of drug-likeness (QED) is 0.292. The van der Waals surface area contributed by atoms with Gasteiger partial charge in [0.15, 0.2) is 0 Å². The van der Waals surface area contributed by atoms with E-state index in [1.54, 1.807) is 0 Å². The minimum Gasteiger partial charge on any atom is -0.406 e. The summed E-state index contributed by atoms with van der Waals surface area (Å²) in [5, 5.41) is 10.9. The van der Waals surface area contributed by atoms with Gasteiger partial charge in [-0.15, -0.1) is 31.5 Å². The van der Waals surface area contributed by atoms with Crippen LogP contribution in [0.3, 0.4) is 0 Å². The van der Waals surface area contributed by atoms with Crippen LogP contribution in [0.2, 0.25) is 0 Å². The van der Waals surface area contributed by atoms with Crippen molar-refractivity contribution in [3.8, 4) is 11.5 Å². The van der Waals surface area contributed by atoms with Gasteiger partial charge in [0.2, 0.25) is 11.9 Å². The molecule has 0 amide bonds. The fourth-order valence-electron chi connectivity index (χ4n) is 3.21. The summed E-state index contributed by atoms with van der Waals surface area (Å²) in [4.78, 5) is 14.7. The fraction of sp³-hybridized carbons (Fsp3) is 0.318. The second-order valence-electron chi connectivity index (χ2n) is 7.65. The highest BCUT2D eigenvalue weighted by molar-refractivity contribution is 5.56.